The third-order valence-electron chi connectivity index (χ3n) is 6.18. The summed E-state index contributed by atoms with van der Waals surface area (Å²) in [5.74, 6) is 1.35. The minimum absolute atomic E-state index is 0.0985. The second-order valence-electron chi connectivity index (χ2n) is 6.71. The third-order valence-corrected chi connectivity index (χ3v) is 6.18. The van der Waals surface area contributed by atoms with Gasteiger partial charge in [-0.1, -0.05) is 32.9 Å². The Labute approximate surface area is 92.6 Å². The Morgan fingerprint density at radius 1 is 1.27 bits per heavy atom. The molecule has 0 saturated heterocycles. The van der Waals surface area contributed by atoms with Crippen LogP contribution in [0.2, 0.25) is 0 Å². The maximum Gasteiger partial charge on any atom is 0.0794 e. The molecule has 4 atom stereocenters. The summed E-state index contributed by atoms with van der Waals surface area (Å²) < 4.78 is 0. The Hall–Kier alpha value is -0.300. The molecule has 4 aliphatic carbocycles. The number of fused-ring (bicyclic) bond motifs is 1. The Kier molecular flexibility index (Phi) is 1.65. The fraction of sp³-hybridized carbons (Fsp3) is 0.857. The van der Waals surface area contributed by atoms with E-state index in [-0.39, 0.29) is 10.8 Å². The van der Waals surface area contributed by atoms with Crippen molar-refractivity contribution < 1.29 is 5.11 Å². The molecule has 3 fully saturated rings. The van der Waals surface area contributed by atoms with E-state index in [1.54, 1.807) is 0 Å². The normalized spacial score (nSPS) is 55.7. The fourth-order valence-electron chi connectivity index (χ4n) is 4.78. The molecule has 0 heterocycles. The van der Waals surface area contributed by atoms with Gasteiger partial charge in [0.05, 0.1) is 5.60 Å². The van der Waals surface area contributed by atoms with Gasteiger partial charge in [-0.2, -0.15) is 0 Å². The topological polar surface area (TPSA) is 20.2 Å². The summed E-state index contributed by atoms with van der Waals surface area (Å²) in [7, 11) is 0. The first-order valence-electron chi connectivity index (χ1n) is 6.31. The first-order chi connectivity index (χ1) is 6.92. The SMILES string of the molecule is CC1(C)[C@@H]2CC[C@@]3(C)[C@H](C=CCC13O)C2. The summed E-state index contributed by atoms with van der Waals surface area (Å²) in [5, 5.41) is 11.1. The highest BCUT2D eigenvalue weighted by atomic mass is 16.3. The van der Waals surface area contributed by atoms with Crippen LogP contribution in [0.1, 0.15) is 46.5 Å². The molecule has 3 saturated carbocycles. The van der Waals surface area contributed by atoms with Crippen molar-refractivity contribution in [2.24, 2.45) is 22.7 Å². The van der Waals surface area contributed by atoms with Gasteiger partial charge in [0.2, 0.25) is 0 Å². The first kappa shape index (κ1) is 9.89. The van der Waals surface area contributed by atoms with Crippen molar-refractivity contribution in [2.75, 3.05) is 0 Å². The lowest BCUT2D eigenvalue weighted by Crippen LogP contribution is -2.69. The summed E-state index contributed by atoms with van der Waals surface area (Å²) in [6, 6.07) is 0. The standard InChI is InChI=1S/C14H22O/c1-12(2)10-6-8-13(3)11(9-10)5-4-7-14(12,13)15/h4-5,10-11,15H,6-9H2,1-3H3/t10-,11-,13+,14?/m1/s1. The average Bonchev–Trinajstić information content (AvgIpc) is 2.16. The Bertz CT molecular complexity index is 330. The Balaban J connectivity index is 2.19. The fourth-order valence-corrected chi connectivity index (χ4v) is 4.78. The second-order valence-corrected chi connectivity index (χ2v) is 6.71. The lowest BCUT2D eigenvalue weighted by atomic mass is 9.38. The van der Waals surface area contributed by atoms with E-state index in [4.69, 9.17) is 0 Å². The van der Waals surface area contributed by atoms with E-state index in [0.29, 0.717) is 5.92 Å². The highest BCUT2D eigenvalue weighted by molar-refractivity contribution is 5.24. The molecule has 0 spiro atoms. The molecular formula is C14H22O. The first-order valence-corrected chi connectivity index (χ1v) is 6.31. The summed E-state index contributed by atoms with van der Waals surface area (Å²) >= 11 is 0. The number of rotatable bonds is 0. The molecule has 1 unspecified atom stereocenters. The largest absolute Gasteiger partial charge is 0.388 e. The molecule has 4 aliphatic rings. The smallest absolute Gasteiger partial charge is 0.0794 e. The zero-order valence-electron chi connectivity index (χ0n) is 10.1. The number of aliphatic hydroxyl groups is 1. The van der Waals surface area contributed by atoms with E-state index in [0.717, 1.165) is 12.3 Å². The van der Waals surface area contributed by atoms with Gasteiger partial charge in [0, 0.05) is 5.41 Å². The maximum atomic E-state index is 11.1. The van der Waals surface area contributed by atoms with Crippen LogP contribution in [0.4, 0.5) is 0 Å². The van der Waals surface area contributed by atoms with Crippen molar-refractivity contribution in [1.29, 1.82) is 0 Å². The van der Waals surface area contributed by atoms with Crippen LogP contribution in [-0.4, -0.2) is 10.7 Å². The van der Waals surface area contributed by atoms with Gasteiger partial charge < -0.3 is 5.11 Å². The molecule has 0 aromatic carbocycles. The molecule has 0 aliphatic heterocycles. The summed E-state index contributed by atoms with van der Waals surface area (Å²) in [4.78, 5) is 0. The minimum atomic E-state index is -0.458. The van der Waals surface area contributed by atoms with Crippen molar-refractivity contribution in [2.45, 2.75) is 52.1 Å². The van der Waals surface area contributed by atoms with Gasteiger partial charge in [-0.25, -0.2) is 0 Å². The maximum absolute atomic E-state index is 11.1. The molecule has 0 aromatic heterocycles. The molecular weight excluding hydrogens is 184 g/mol. The van der Waals surface area contributed by atoms with Crippen LogP contribution in [0.5, 0.6) is 0 Å². The van der Waals surface area contributed by atoms with Crippen LogP contribution in [0.15, 0.2) is 12.2 Å². The number of allylic oxidation sites excluding steroid dienone is 1. The van der Waals surface area contributed by atoms with Crippen molar-refractivity contribution in [1.82, 2.24) is 0 Å². The van der Waals surface area contributed by atoms with Gasteiger partial charge in [0.15, 0.2) is 0 Å². The summed E-state index contributed by atoms with van der Waals surface area (Å²) in [6.45, 7) is 6.88. The van der Waals surface area contributed by atoms with Crippen LogP contribution in [-0.2, 0) is 0 Å². The third kappa shape index (κ3) is 0.860. The van der Waals surface area contributed by atoms with Gasteiger partial charge in [0.1, 0.15) is 0 Å². The molecule has 1 heteroatoms. The minimum Gasteiger partial charge on any atom is -0.388 e. The van der Waals surface area contributed by atoms with Crippen molar-refractivity contribution in [3.63, 3.8) is 0 Å². The van der Waals surface area contributed by atoms with Crippen LogP contribution in [0.3, 0.4) is 0 Å². The van der Waals surface area contributed by atoms with E-state index >= 15 is 0 Å². The van der Waals surface area contributed by atoms with Gasteiger partial charge in [-0.15, -0.1) is 0 Å². The molecule has 4 rings (SSSR count). The molecule has 0 radical (unpaired) electrons. The summed E-state index contributed by atoms with van der Waals surface area (Å²) in [5.41, 5.74) is -0.220. The molecule has 84 valence electrons. The molecule has 15 heavy (non-hydrogen) atoms. The van der Waals surface area contributed by atoms with Gasteiger partial charge in [0.25, 0.3) is 0 Å². The number of hydrogen-bond acceptors (Lipinski definition) is 1. The van der Waals surface area contributed by atoms with Crippen LogP contribution >= 0.6 is 0 Å². The molecule has 1 nitrogen and oxygen atoms in total. The van der Waals surface area contributed by atoms with Gasteiger partial charge in [-0.05, 0) is 42.9 Å². The van der Waals surface area contributed by atoms with Crippen LogP contribution in [0.25, 0.3) is 0 Å². The van der Waals surface area contributed by atoms with E-state index in [1.165, 1.54) is 19.3 Å². The van der Waals surface area contributed by atoms with Crippen LogP contribution in [0, 0.1) is 22.7 Å². The van der Waals surface area contributed by atoms with Crippen molar-refractivity contribution in [3.8, 4) is 0 Å². The van der Waals surface area contributed by atoms with Crippen molar-refractivity contribution >= 4 is 0 Å². The van der Waals surface area contributed by atoms with E-state index < -0.39 is 5.60 Å². The Morgan fingerprint density at radius 3 is 2.67 bits per heavy atom. The lowest BCUT2D eigenvalue weighted by Gasteiger charge is -2.69. The van der Waals surface area contributed by atoms with Gasteiger partial charge in [-0.3, -0.25) is 0 Å². The highest BCUT2D eigenvalue weighted by Gasteiger charge is 2.67. The molecule has 1 N–H and O–H groups in total. The Morgan fingerprint density at radius 2 is 2.00 bits per heavy atom. The molecule has 0 amide bonds. The predicted molar refractivity (Wildman–Crippen MR) is 61.4 cm³/mol. The van der Waals surface area contributed by atoms with E-state index in [1.807, 2.05) is 0 Å². The predicted octanol–water partition coefficient (Wildman–Crippen LogP) is 3.14. The number of hydrogen-bond donors (Lipinski definition) is 1. The zero-order chi connectivity index (χ0) is 10.9. The zero-order valence-corrected chi connectivity index (χ0v) is 10.1. The molecule has 4 bridgehead atoms. The molecule has 0 aromatic rings. The average molecular weight is 206 g/mol. The quantitative estimate of drug-likeness (QED) is 0.604. The van der Waals surface area contributed by atoms with Gasteiger partial charge >= 0.3 is 0 Å². The van der Waals surface area contributed by atoms with E-state index in [2.05, 4.69) is 32.9 Å². The monoisotopic (exact) mass is 206 g/mol. The van der Waals surface area contributed by atoms with Crippen molar-refractivity contribution in [3.05, 3.63) is 12.2 Å². The van der Waals surface area contributed by atoms with E-state index in [9.17, 15) is 5.11 Å². The second kappa shape index (κ2) is 2.51. The summed E-state index contributed by atoms with van der Waals surface area (Å²) in [6.07, 6.45) is 9.28. The lowest BCUT2D eigenvalue weighted by molar-refractivity contribution is -0.257. The van der Waals surface area contributed by atoms with Crippen LogP contribution < -0.4 is 0 Å². The highest BCUT2D eigenvalue weighted by Crippen LogP contribution is 2.69.